The van der Waals surface area contributed by atoms with Crippen LogP contribution in [0.1, 0.15) is 20.8 Å². The van der Waals surface area contributed by atoms with Crippen LogP contribution in [-0.4, -0.2) is 23.1 Å². The minimum Gasteiger partial charge on any atom is -0.459 e. The van der Waals surface area contributed by atoms with Crippen molar-refractivity contribution in [2.45, 2.75) is 26.4 Å². The van der Waals surface area contributed by atoms with Crippen LogP contribution in [0.2, 0.25) is 0 Å². The minimum absolute atomic E-state index is 0.119. The third kappa shape index (κ3) is 3.93. The van der Waals surface area contributed by atoms with Gasteiger partial charge >= 0.3 is 5.97 Å². The van der Waals surface area contributed by atoms with E-state index in [4.69, 9.17) is 4.74 Å². The molecule has 2 aromatic rings. The molecule has 0 bridgehead atoms. The molecule has 0 atom stereocenters. The molecular formula is C15H17BrN2O2. The zero-order chi connectivity index (χ0) is 14.8. The summed E-state index contributed by atoms with van der Waals surface area (Å²) in [6, 6.07) is 7.79. The van der Waals surface area contributed by atoms with E-state index in [1.165, 1.54) is 0 Å². The number of para-hydroxylation sites is 1. The second-order valence-electron chi connectivity index (χ2n) is 5.47. The molecular weight excluding hydrogens is 320 g/mol. The minimum atomic E-state index is -0.472. The van der Waals surface area contributed by atoms with Gasteiger partial charge in [-0.15, -0.1) is 0 Å². The van der Waals surface area contributed by atoms with Gasteiger partial charge in [0.2, 0.25) is 0 Å². The van der Waals surface area contributed by atoms with E-state index in [1.807, 2.05) is 45.0 Å². The zero-order valence-electron chi connectivity index (χ0n) is 11.7. The molecule has 0 spiro atoms. The number of anilines is 1. The molecule has 1 aromatic carbocycles. The van der Waals surface area contributed by atoms with E-state index in [0.29, 0.717) is 0 Å². The van der Waals surface area contributed by atoms with Gasteiger partial charge in [0.1, 0.15) is 12.1 Å². The van der Waals surface area contributed by atoms with E-state index in [-0.39, 0.29) is 12.5 Å². The molecule has 0 amide bonds. The zero-order valence-corrected chi connectivity index (χ0v) is 13.3. The second kappa shape index (κ2) is 5.79. The Morgan fingerprint density at radius 3 is 2.85 bits per heavy atom. The van der Waals surface area contributed by atoms with E-state index in [1.54, 1.807) is 6.20 Å². The van der Waals surface area contributed by atoms with E-state index >= 15 is 0 Å². The highest BCUT2D eigenvalue weighted by Crippen LogP contribution is 2.23. The van der Waals surface area contributed by atoms with Crippen molar-refractivity contribution in [1.82, 2.24) is 4.98 Å². The number of halogens is 1. The number of pyridine rings is 1. The molecule has 0 aliphatic rings. The van der Waals surface area contributed by atoms with Crippen molar-refractivity contribution in [1.29, 1.82) is 0 Å². The second-order valence-corrected chi connectivity index (χ2v) is 6.39. The van der Waals surface area contributed by atoms with Crippen LogP contribution in [0.4, 0.5) is 5.69 Å². The molecule has 0 aliphatic carbocycles. The first kappa shape index (κ1) is 14.8. The van der Waals surface area contributed by atoms with E-state index in [9.17, 15) is 4.79 Å². The summed E-state index contributed by atoms with van der Waals surface area (Å²) >= 11 is 3.40. The number of carbonyl (C=O) groups is 1. The summed E-state index contributed by atoms with van der Waals surface area (Å²) in [5.74, 6) is -0.286. The van der Waals surface area contributed by atoms with Crippen molar-refractivity contribution in [2.24, 2.45) is 0 Å². The number of carbonyl (C=O) groups excluding carboxylic acids is 1. The summed E-state index contributed by atoms with van der Waals surface area (Å²) < 4.78 is 6.19. The predicted molar refractivity (Wildman–Crippen MR) is 83.8 cm³/mol. The molecule has 4 nitrogen and oxygen atoms in total. The standard InChI is InChI=1S/C15H17BrN2O2/c1-15(2,3)20-13(19)9-17-12-6-4-5-10-7-11(16)8-18-14(10)12/h4-8,17H,9H2,1-3H3. The molecule has 0 unspecified atom stereocenters. The summed E-state index contributed by atoms with van der Waals surface area (Å²) in [4.78, 5) is 16.1. The van der Waals surface area contributed by atoms with Gasteiger partial charge < -0.3 is 10.1 Å². The lowest BCUT2D eigenvalue weighted by molar-refractivity contribution is -0.152. The Bertz CT molecular complexity index is 635. The SMILES string of the molecule is CC(C)(C)OC(=O)CNc1cccc2cc(Br)cnc12. The molecule has 1 heterocycles. The monoisotopic (exact) mass is 336 g/mol. The van der Waals surface area contributed by atoms with Crippen LogP contribution in [-0.2, 0) is 9.53 Å². The molecule has 20 heavy (non-hydrogen) atoms. The summed E-state index contributed by atoms with van der Waals surface area (Å²) in [5, 5.41) is 4.09. The van der Waals surface area contributed by atoms with Gasteiger partial charge in [-0.25, -0.2) is 0 Å². The number of esters is 1. The number of rotatable bonds is 3. The predicted octanol–water partition coefficient (Wildman–Crippen LogP) is 3.75. The van der Waals surface area contributed by atoms with E-state index in [0.717, 1.165) is 21.1 Å². The number of benzene rings is 1. The van der Waals surface area contributed by atoms with Gasteiger partial charge in [0.15, 0.2) is 0 Å². The van der Waals surface area contributed by atoms with Crippen LogP contribution in [0.3, 0.4) is 0 Å². The van der Waals surface area contributed by atoms with Gasteiger partial charge in [-0.2, -0.15) is 0 Å². The highest BCUT2D eigenvalue weighted by atomic mass is 79.9. The number of aromatic nitrogens is 1. The molecule has 1 N–H and O–H groups in total. The first-order valence-electron chi connectivity index (χ1n) is 6.35. The number of nitrogens with one attached hydrogen (secondary N) is 1. The van der Waals surface area contributed by atoms with Gasteiger partial charge in [-0.1, -0.05) is 12.1 Å². The Hall–Kier alpha value is -1.62. The van der Waals surface area contributed by atoms with Crippen molar-refractivity contribution in [3.05, 3.63) is 34.9 Å². The smallest absolute Gasteiger partial charge is 0.325 e. The molecule has 106 valence electrons. The van der Waals surface area contributed by atoms with E-state index < -0.39 is 5.60 Å². The first-order valence-corrected chi connectivity index (χ1v) is 7.14. The lowest BCUT2D eigenvalue weighted by atomic mass is 10.2. The van der Waals surface area contributed by atoms with Gasteiger partial charge in [0, 0.05) is 16.1 Å². The highest BCUT2D eigenvalue weighted by molar-refractivity contribution is 9.10. The molecule has 1 aromatic heterocycles. The van der Waals surface area contributed by atoms with Gasteiger partial charge in [0.25, 0.3) is 0 Å². The Morgan fingerprint density at radius 2 is 2.15 bits per heavy atom. The van der Waals surface area contributed by atoms with Crippen LogP contribution >= 0.6 is 15.9 Å². The van der Waals surface area contributed by atoms with Crippen molar-refractivity contribution in [3.63, 3.8) is 0 Å². The maximum atomic E-state index is 11.7. The van der Waals surface area contributed by atoms with E-state index in [2.05, 4.69) is 26.2 Å². The molecule has 0 saturated heterocycles. The quantitative estimate of drug-likeness (QED) is 0.867. The Balaban J connectivity index is 2.12. The lowest BCUT2D eigenvalue weighted by Gasteiger charge is -2.19. The van der Waals surface area contributed by atoms with Crippen molar-refractivity contribution < 1.29 is 9.53 Å². The van der Waals surface area contributed by atoms with Gasteiger partial charge in [-0.3, -0.25) is 9.78 Å². The molecule has 0 saturated carbocycles. The summed E-state index contributed by atoms with van der Waals surface area (Å²) in [5.41, 5.74) is 1.18. The lowest BCUT2D eigenvalue weighted by Crippen LogP contribution is -2.28. The fraction of sp³-hybridized carbons (Fsp3) is 0.333. The topological polar surface area (TPSA) is 51.2 Å². The molecule has 0 fully saturated rings. The van der Waals surface area contributed by atoms with Crippen molar-refractivity contribution >= 4 is 38.5 Å². The largest absolute Gasteiger partial charge is 0.459 e. The van der Waals surface area contributed by atoms with Crippen LogP contribution < -0.4 is 5.32 Å². The van der Waals surface area contributed by atoms with Crippen LogP contribution in [0.25, 0.3) is 10.9 Å². The Labute approximate surface area is 126 Å². The van der Waals surface area contributed by atoms with Crippen LogP contribution in [0.5, 0.6) is 0 Å². The maximum Gasteiger partial charge on any atom is 0.325 e. The van der Waals surface area contributed by atoms with Crippen LogP contribution in [0, 0.1) is 0 Å². The highest BCUT2D eigenvalue weighted by Gasteiger charge is 2.16. The Kier molecular flexibility index (Phi) is 4.28. The molecule has 2 rings (SSSR count). The van der Waals surface area contributed by atoms with Crippen molar-refractivity contribution in [2.75, 3.05) is 11.9 Å². The van der Waals surface area contributed by atoms with Crippen molar-refractivity contribution in [3.8, 4) is 0 Å². The fourth-order valence-corrected chi connectivity index (χ4v) is 2.17. The third-order valence-corrected chi connectivity index (χ3v) is 2.95. The number of hydrogen-bond donors (Lipinski definition) is 1. The summed E-state index contributed by atoms with van der Waals surface area (Å²) in [6.07, 6.45) is 1.74. The fourth-order valence-electron chi connectivity index (χ4n) is 1.82. The number of fused-ring (bicyclic) bond motifs is 1. The van der Waals surface area contributed by atoms with Crippen LogP contribution in [0.15, 0.2) is 34.9 Å². The molecule has 0 radical (unpaired) electrons. The average Bonchev–Trinajstić information content (AvgIpc) is 2.33. The molecule has 0 aliphatic heterocycles. The number of ether oxygens (including phenoxy) is 1. The average molecular weight is 337 g/mol. The third-order valence-electron chi connectivity index (χ3n) is 2.52. The Morgan fingerprint density at radius 1 is 1.40 bits per heavy atom. The summed E-state index contributed by atoms with van der Waals surface area (Å²) in [7, 11) is 0. The number of hydrogen-bond acceptors (Lipinski definition) is 4. The first-order chi connectivity index (χ1) is 9.35. The van der Waals surface area contributed by atoms with Gasteiger partial charge in [-0.05, 0) is 48.8 Å². The molecule has 5 heteroatoms. The van der Waals surface area contributed by atoms with Gasteiger partial charge in [0.05, 0.1) is 11.2 Å². The maximum absolute atomic E-state index is 11.7. The summed E-state index contributed by atoms with van der Waals surface area (Å²) in [6.45, 7) is 5.67. The number of nitrogens with zero attached hydrogens (tertiary/aromatic N) is 1. The normalized spacial score (nSPS) is 11.4.